The van der Waals surface area contributed by atoms with Crippen molar-refractivity contribution in [1.29, 1.82) is 0 Å². The lowest BCUT2D eigenvalue weighted by atomic mass is 9.99. The van der Waals surface area contributed by atoms with Crippen LogP contribution >= 0.6 is 0 Å². The Morgan fingerprint density at radius 1 is 1.16 bits per heavy atom. The van der Waals surface area contributed by atoms with E-state index >= 15 is 0 Å². The van der Waals surface area contributed by atoms with Crippen LogP contribution in [0, 0.1) is 5.82 Å². The molecule has 1 N–H and O–H groups in total. The second kappa shape index (κ2) is 5.29. The van der Waals surface area contributed by atoms with Gasteiger partial charge in [0.1, 0.15) is 5.82 Å². The van der Waals surface area contributed by atoms with Gasteiger partial charge in [0, 0.05) is 24.2 Å². The molecule has 2 fully saturated rings. The molecular weight excluding hydrogens is 243 g/mol. The number of nitrogens with zero attached hydrogens (tertiary/aromatic N) is 1. The van der Waals surface area contributed by atoms with Gasteiger partial charge in [-0.05, 0) is 50.1 Å². The maximum Gasteiger partial charge on any atom is 0.251 e. The van der Waals surface area contributed by atoms with E-state index in [9.17, 15) is 9.18 Å². The van der Waals surface area contributed by atoms with E-state index in [0.29, 0.717) is 11.6 Å². The van der Waals surface area contributed by atoms with E-state index < -0.39 is 0 Å². The van der Waals surface area contributed by atoms with Crippen LogP contribution in [-0.2, 0) is 0 Å². The fraction of sp³-hybridized carbons (Fsp3) is 0.533. The van der Waals surface area contributed by atoms with Crippen molar-refractivity contribution >= 4 is 5.91 Å². The summed E-state index contributed by atoms with van der Waals surface area (Å²) in [5.41, 5.74) is 0.538. The standard InChI is InChI=1S/C15H19FN2O/c16-12-6-4-11(5-7-12)15(19)17-13-8-10-18-9-2-1-3-14(13)18/h4-7,13-14H,1-3,8-10H2,(H,17,19)/t13-,14+/m0/s1. The third-order valence-corrected chi connectivity index (χ3v) is 4.28. The highest BCUT2D eigenvalue weighted by Gasteiger charge is 2.36. The minimum absolute atomic E-state index is 0.0857. The van der Waals surface area contributed by atoms with Crippen LogP contribution in [0.4, 0.5) is 4.39 Å². The number of piperidine rings is 1. The first-order valence-electron chi connectivity index (χ1n) is 7.04. The van der Waals surface area contributed by atoms with E-state index in [1.807, 2.05) is 0 Å². The summed E-state index contributed by atoms with van der Waals surface area (Å²) in [5.74, 6) is -0.395. The first kappa shape index (κ1) is 12.6. The van der Waals surface area contributed by atoms with Crippen LogP contribution in [0.25, 0.3) is 0 Å². The van der Waals surface area contributed by atoms with Crippen LogP contribution in [-0.4, -0.2) is 36.0 Å². The summed E-state index contributed by atoms with van der Waals surface area (Å²) >= 11 is 0. The monoisotopic (exact) mass is 262 g/mol. The van der Waals surface area contributed by atoms with Gasteiger partial charge in [-0.2, -0.15) is 0 Å². The minimum Gasteiger partial charge on any atom is -0.348 e. The van der Waals surface area contributed by atoms with Crippen molar-refractivity contribution in [2.24, 2.45) is 0 Å². The van der Waals surface area contributed by atoms with Gasteiger partial charge in [-0.3, -0.25) is 9.69 Å². The number of benzene rings is 1. The number of fused-ring (bicyclic) bond motifs is 1. The van der Waals surface area contributed by atoms with Crippen molar-refractivity contribution in [2.45, 2.75) is 37.8 Å². The number of hydrogen-bond donors (Lipinski definition) is 1. The molecule has 0 saturated carbocycles. The summed E-state index contributed by atoms with van der Waals surface area (Å²) < 4.78 is 12.8. The molecule has 0 aliphatic carbocycles. The van der Waals surface area contributed by atoms with Crippen molar-refractivity contribution in [3.63, 3.8) is 0 Å². The third-order valence-electron chi connectivity index (χ3n) is 4.28. The van der Waals surface area contributed by atoms with Crippen LogP contribution in [0.15, 0.2) is 24.3 Å². The van der Waals surface area contributed by atoms with Gasteiger partial charge in [0.25, 0.3) is 5.91 Å². The normalized spacial score (nSPS) is 27.0. The highest BCUT2D eigenvalue weighted by molar-refractivity contribution is 5.94. The van der Waals surface area contributed by atoms with E-state index in [4.69, 9.17) is 0 Å². The molecule has 2 aliphatic heterocycles. The van der Waals surface area contributed by atoms with Gasteiger partial charge >= 0.3 is 0 Å². The SMILES string of the molecule is O=C(N[C@H]1CCN2CCCC[C@H]12)c1ccc(F)cc1. The topological polar surface area (TPSA) is 32.3 Å². The smallest absolute Gasteiger partial charge is 0.251 e. The van der Waals surface area contributed by atoms with Crippen molar-refractivity contribution in [2.75, 3.05) is 13.1 Å². The molecule has 3 nitrogen and oxygen atoms in total. The second-order valence-electron chi connectivity index (χ2n) is 5.47. The summed E-state index contributed by atoms with van der Waals surface area (Å²) in [5, 5.41) is 3.11. The minimum atomic E-state index is -0.309. The zero-order valence-electron chi connectivity index (χ0n) is 10.9. The molecule has 2 heterocycles. The van der Waals surface area contributed by atoms with Crippen molar-refractivity contribution in [3.05, 3.63) is 35.6 Å². The van der Waals surface area contributed by atoms with E-state index in [1.54, 1.807) is 0 Å². The lowest BCUT2D eigenvalue weighted by molar-refractivity contribution is 0.0915. The first-order valence-corrected chi connectivity index (χ1v) is 7.04. The summed E-state index contributed by atoms with van der Waals surface area (Å²) in [6, 6.07) is 6.49. The molecule has 0 spiro atoms. The van der Waals surface area contributed by atoms with Crippen molar-refractivity contribution in [3.8, 4) is 0 Å². The van der Waals surface area contributed by atoms with Crippen LogP contribution in [0.1, 0.15) is 36.0 Å². The maximum absolute atomic E-state index is 12.8. The molecule has 0 aromatic heterocycles. The molecule has 0 unspecified atom stereocenters. The molecule has 0 radical (unpaired) electrons. The molecule has 2 aliphatic rings. The number of rotatable bonds is 2. The van der Waals surface area contributed by atoms with Gasteiger partial charge in [-0.1, -0.05) is 6.42 Å². The lowest BCUT2D eigenvalue weighted by Gasteiger charge is -2.32. The zero-order chi connectivity index (χ0) is 13.2. The summed E-state index contributed by atoms with van der Waals surface area (Å²) in [4.78, 5) is 14.6. The average Bonchev–Trinajstić information content (AvgIpc) is 2.83. The predicted molar refractivity (Wildman–Crippen MR) is 71.5 cm³/mol. The molecule has 1 amide bonds. The molecule has 19 heavy (non-hydrogen) atoms. The van der Waals surface area contributed by atoms with E-state index in [-0.39, 0.29) is 17.8 Å². The first-order chi connectivity index (χ1) is 9.24. The Kier molecular flexibility index (Phi) is 3.51. The van der Waals surface area contributed by atoms with Gasteiger partial charge in [-0.15, -0.1) is 0 Å². The Hall–Kier alpha value is -1.42. The van der Waals surface area contributed by atoms with Gasteiger partial charge in [0.15, 0.2) is 0 Å². The molecule has 2 saturated heterocycles. The Labute approximate surface area is 112 Å². The fourth-order valence-corrected chi connectivity index (χ4v) is 3.27. The average molecular weight is 262 g/mol. The Balaban J connectivity index is 1.65. The van der Waals surface area contributed by atoms with Gasteiger partial charge < -0.3 is 5.32 Å². The number of hydrogen-bond acceptors (Lipinski definition) is 2. The van der Waals surface area contributed by atoms with Crippen molar-refractivity contribution in [1.82, 2.24) is 10.2 Å². The van der Waals surface area contributed by atoms with Gasteiger partial charge in [0.05, 0.1) is 0 Å². The summed E-state index contributed by atoms with van der Waals surface area (Å²) in [6.07, 6.45) is 4.73. The summed E-state index contributed by atoms with van der Waals surface area (Å²) in [7, 11) is 0. The Morgan fingerprint density at radius 3 is 2.74 bits per heavy atom. The molecule has 4 heteroatoms. The van der Waals surface area contributed by atoms with E-state index in [2.05, 4.69) is 10.2 Å². The lowest BCUT2D eigenvalue weighted by Crippen LogP contribution is -2.46. The third kappa shape index (κ3) is 2.63. The number of halogens is 1. The second-order valence-corrected chi connectivity index (χ2v) is 5.47. The molecule has 2 atom stereocenters. The molecule has 0 bridgehead atoms. The fourth-order valence-electron chi connectivity index (χ4n) is 3.27. The van der Waals surface area contributed by atoms with Crippen LogP contribution < -0.4 is 5.32 Å². The van der Waals surface area contributed by atoms with E-state index in [0.717, 1.165) is 19.5 Å². The highest BCUT2D eigenvalue weighted by atomic mass is 19.1. The molecular formula is C15H19FN2O. The molecule has 1 aromatic carbocycles. The maximum atomic E-state index is 12.8. The molecule has 102 valence electrons. The summed E-state index contributed by atoms with van der Waals surface area (Å²) in [6.45, 7) is 2.24. The van der Waals surface area contributed by atoms with Gasteiger partial charge in [0.2, 0.25) is 0 Å². The van der Waals surface area contributed by atoms with Gasteiger partial charge in [-0.25, -0.2) is 4.39 Å². The number of nitrogens with one attached hydrogen (secondary N) is 1. The zero-order valence-corrected chi connectivity index (χ0v) is 10.9. The van der Waals surface area contributed by atoms with Crippen molar-refractivity contribution < 1.29 is 9.18 Å². The largest absolute Gasteiger partial charge is 0.348 e. The number of amides is 1. The molecule has 3 rings (SSSR count). The highest BCUT2D eigenvalue weighted by Crippen LogP contribution is 2.27. The van der Waals surface area contributed by atoms with Crippen LogP contribution in [0.5, 0.6) is 0 Å². The van der Waals surface area contributed by atoms with Crippen LogP contribution in [0.2, 0.25) is 0 Å². The number of carbonyl (C=O) groups excluding carboxylic acids is 1. The Bertz CT molecular complexity index is 460. The number of carbonyl (C=O) groups is 1. The predicted octanol–water partition coefficient (Wildman–Crippen LogP) is 2.18. The van der Waals surface area contributed by atoms with E-state index in [1.165, 1.54) is 43.5 Å². The quantitative estimate of drug-likeness (QED) is 0.886. The van der Waals surface area contributed by atoms with Crippen LogP contribution in [0.3, 0.4) is 0 Å². The molecule has 1 aromatic rings. The Morgan fingerprint density at radius 2 is 1.95 bits per heavy atom.